The SMILES string of the molecule is CC(C)(C)OC(C=O)C1(O)CCCCC1. The molecule has 0 bridgehead atoms. The second-order valence-corrected chi connectivity index (χ2v) is 5.45. The average Bonchev–Trinajstić information content (AvgIpc) is 2.14. The molecule has 0 aromatic heterocycles. The van der Waals surface area contributed by atoms with Crippen LogP contribution in [0.4, 0.5) is 0 Å². The first-order chi connectivity index (χ1) is 6.87. The van der Waals surface area contributed by atoms with Crippen molar-refractivity contribution in [1.82, 2.24) is 0 Å². The highest BCUT2D eigenvalue weighted by molar-refractivity contribution is 5.58. The van der Waals surface area contributed by atoms with Crippen molar-refractivity contribution >= 4 is 6.29 Å². The Hall–Kier alpha value is -0.410. The van der Waals surface area contributed by atoms with E-state index < -0.39 is 17.3 Å². The lowest BCUT2D eigenvalue weighted by atomic mass is 9.81. The van der Waals surface area contributed by atoms with Crippen LogP contribution in [0.3, 0.4) is 0 Å². The summed E-state index contributed by atoms with van der Waals surface area (Å²) in [5.74, 6) is 0. The summed E-state index contributed by atoms with van der Waals surface area (Å²) in [7, 11) is 0. The summed E-state index contributed by atoms with van der Waals surface area (Å²) < 4.78 is 5.61. The molecule has 0 aromatic rings. The standard InChI is InChI=1S/C12H22O3/c1-11(2,3)15-10(9-13)12(14)7-5-4-6-8-12/h9-10,14H,4-8H2,1-3H3. The van der Waals surface area contributed by atoms with Crippen molar-refractivity contribution in [3.63, 3.8) is 0 Å². The third-order valence-corrected chi connectivity index (χ3v) is 2.85. The van der Waals surface area contributed by atoms with Crippen LogP contribution < -0.4 is 0 Å². The Morgan fingerprint density at radius 2 is 1.80 bits per heavy atom. The van der Waals surface area contributed by atoms with Crippen LogP contribution in [0.5, 0.6) is 0 Å². The molecule has 1 saturated carbocycles. The van der Waals surface area contributed by atoms with Gasteiger partial charge in [0.25, 0.3) is 0 Å². The zero-order valence-electron chi connectivity index (χ0n) is 9.95. The number of hydrogen-bond donors (Lipinski definition) is 1. The summed E-state index contributed by atoms with van der Waals surface area (Å²) in [5, 5.41) is 10.3. The van der Waals surface area contributed by atoms with Gasteiger partial charge in [-0.25, -0.2) is 0 Å². The lowest BCUT2D eigenvalue weighted by Crippen LogP contribution is -2.49. The highest BCUT2D eigenvalue weighted by Crippen LogP contribution is 2.33. The van der Waals surface area contributed by atoms with E-state index in [9.17, 15) is 9.90 Å². The van der Waals surface area contributed by atoms with Crippen LogP contribution in [-0.2, 0) is 9.53 Å². The van der Waals surface area contributed by atoms with Crippen LogP contribution in [0.15, 0.2) is 0 Å². The molecule has 1 unspecified atom stereocenters. The Morgan fingerprint density at radius 3 is 2.20 bits per heavy atom. The van der Waals surface area contributed by atoms with Crippen molar-refractivity contribution < 1.29 is 14.6 Å². The van der Waals surface area contributed by atoms with E-state index in [1.54, 1.807) is 0 Å². The van der Waals surface area contributed by atoms with Crippen LogP contribution in [0.1, 0.15) is 52.9 Å². The predicted molar refractivity (Wildman–Crippen MR) is 58.7 cm³/mol. The highest BCUT2D eigenvalue weighted by Gasteiger charge is 2.40. The molecule has 1 aliphatic rings. The molecule has 0 saturated heterocycles. The van der Waals surface area contributed by atoms with Crippen molar-refractivity contribution in [1.29, 1.82) is 0 Å². The van der Waals surface area contributed by atoms with Gasteiger partial charge in [-0.3, -0.25) is 0 Å². The van der Waals surface area contributed by atoms with E-state index in [2.05, 4.69) is 0 Å². The van der Waals surface area contributed by atoms with Gasteiger partial charge in [0.1, 0.15) is 6.10 Å². The first kappa shape index (κ1) is 12.7. The van der Waals surface area contributed by atoms with Gasteiger partial charge in [-0.2, -0.15) is 0 Å². The van der Waals surface area contributed by atoms with Gasteiger partial charge in [0, 0.05) is 0 Å². The van der Waals surface area contributed by atoms with E-state index >= 15 is 0 Å². The third-order valence-electron chi connectivity index (χ3n) is 2.85. The predicted octanol–water partition coefficient (Wildman–Crippen LogP) is 2.06. The van der Waals surface area contributed by atoms with Crippen LogP contribution in [0.25, 0.3) is 0 Å². The summed E-state index contributed by atoms with van der Waals surface area (Å²) in [6.45, 7) is 5.70. The van der Waals surface area contributed by atoms with Crippen LogP contribution in [-0.4, -0.2) is 28.7 Å². The minimum Gasteiger partial charge on any atom is -0.387 e. The first-order valence-electron chi connectivity index (χ1n) is 5.73. The van der Waals surface area contributed by atoms with E-state index in [1.165, 1.54) is 0 Å². The van der Waals surface area contributed by atoms with Crippen molar-refractivity contribution in [2.24, 2.45) is 0 Å². The number of rotatable bonds is 3. The second-order valence-electron chi connectivity index (χ2n) is 5.45. The van der Waals surface area contributed by atoms with E-state index in [4.69, 9.17) is 4.74 Å². The third kappa shape index (κ3) is 3.58. The molecular weight excluding hydrogens is 192 g/mol. The Balaban J connectivity index is 2.67. The number of carbonyl (C=O) groups excluding carboxylic acids is 1. The molecule has 1 aliphatic carbocycles. The first-order valence-corrected chi connectivity index (χ1v) is 5.73. The maximum absolute atomic E-state index is 11.0. The molecule has 0 radical (unpaired) electrons. The largest absolute Gasteiger partial charge is 0.387 e. The highest BCUT2D eigenvalue weighted by atomic mass is 16.5. The Morgan fingerprint density at radius 1 is 1.27 bits per heavy atom. The number of carbonyl (C=O) groups is 1. The van der Waals surface area contributed by atoms with Crippen LogP contribution in [0, 0.1) is 0 Å². The minimum absolute atomic E-state index is 0.390. The van der Waals surface area contributed by atoms with Crippen LogP contribution in [0.2, 0.25) is 0 Å². The number of aldehydes is 1. The van der Waals surface area contributed by atoms with Crippen molar-refractivity contribution in [2.45, 2.75) is 70.2 Å². The summed E-state index contributed by atoms with van der Waals surface area (Å²) in [5.41, 5.74) is -1.33. The molecule has 0 heterocycles. The molecule has 0 amide bonds. The zero-order chi connectivity index (χ0) is 11.5. The fourth-order valence-corrected chi connectivity index (χ4v) is 2.09. The molecule has 15 heavy (non-hydrogen) atoms. The zero-order valence-corrected chi connectivity index (χ0v) is 9.95. The topological polar surface area (TPSA) is 46.5 Å². The van der Waals surface area contributed by atoms with Gasteiger partial charge >= 0.3 is 0 Å². The number of aliphatic hydroxyl groups is 1. The molecule has 1 fully saturated rings. The average molecular weight is 214 g/mol. The van der Waals surface area contributed by atoms with Gasteiger partial charge in [0.15, 0.2) is 6.29 Å². The Labute approximate surface area is 91.8 Å². The molecule has 0 aromatic carbocycles. The molecule has 0 spiro atoms. The van der Waals surface area contributed by atoms with Crippen LogP contribution >= 0.6 is 0 Å². The summed E-state index contributed by atoms with van der Waals surface area (Å²) in [4.78, 5) is 11.0. The van der Waals surface area contributed by atoms with Crippen molar-refractivity contribution in [2.75, 3.05) is 0 Å². The van der Waals surface area contributed by atoms with E-state index in [0.29, 0.717) is 12.8 Å². The van der Waals surface area contributed by atoms with Gasteiger partial charge in [-0.1, -0.05) is 19.3 Å². The molecular formula is C12H22O3. The van der Waals surface area contributed by atoms with E-state index in [-0.39, 0.29) is 0 Å². The minimum atomic E-state index is -0.937. The number of ether oxygens (including phenoxy) is 1. The molecule has 0 aliphatic heterocycles. The van der Waals surface area contributed by atoms with Gasteiger partial charge in [-0.05, 0) is 33.6 Å². The van der Waals surface area contributed by atoms with Gasteiger partial charge in [0.05, 0.1) is 11.2 Å². The van der Waals surface area contributed by atoms with E-state index in [0.717, 1.165) is 25.5 Å². The molecule has 1 N–H and O–H groups in total. The Bertz CT molecular complexity index is 211. The maximum atomic E-state index is 11.0. The monoisotopic (exact) mass is 214 g/mol. The fraction of sp³-hybridized carbons (Fsp3) is 0.917. The molecule has 1 atom stereocenters. The van der Waals surface area contributed by atoms with Gasteiger partial charge in [0.2, 0.25) is 0 Å². The normalized spacial score (nSPS) is 23.5. The smallest absolute Gasteiger partial charge is 0.151 e. The van der Waals surface area contributed by atoms with Gasteiger partial charge < -0.3 is 14.6 Å². The summed E-state index contributed by atoms with van der Waals surface area (Å²) in [6, 6.07) is 0. The molecule has 1 rings (SSSR count). The lowest BCUT2D eigenvalue weighted by Gasteiger charge is -2.39. The second kappa shape index (κ2) is 4.62. The van der Waals surface area contributed by atoms with E-state index in [1.807, 2.05) is 20.8 Å². The lowest BCUT2D eigenvalue weighted by molar-refractivity contribution is -0.172. The van der Waals surface area contributed by atoms with Crippen molar-refractivity contribution in [3.05, 3.63) is 0 Å². The number of hydrogen-bond acceptors (Lipinski definition) is 3. The quantitative estimate of drug-likeness (QED) is 0.731. The Kier molecular flexibility index (Phi) is 3.90. The summed E-state index contributed by atoms with van der Waals surface area (Å²) in [6.07, 6.45) is 4.51. The molecule has 88 valence electrons. The van der Waals surface area contributed by atoms with Crippen molar-refractivity contribution in [3.8, 4) is 0 Å². The fourth-order valence-electron chi connectivity index (χ4n) is 2.09. The summed E-state index contributed by atoms with van der Waals surface area (Å²) >= 11 is 0. The molecule has 3 nitrogen and oxygen atoms in total. The van der Waals surface area contributed by atoms with Gasteiger partial charge in [-0.15, -0.1) is 0 Å². The maximum Gasteiger partial charge on any atom is 0.151 e. The molecule has 3 heteroatoms.